The molecule has 2 aromatic carbocycles. The van der Waals surface area contributed by atoms with Crippen LogP contribution in [0.1, 0.15) is 53.2 Å². The minimum Gasteiger partial charge on any atom is -0.495 e. The average molecular weight is 535 g/mol. The van der Waals surface area contributed by atoms with Gasteiger partial charge in [0.2, 0.25) is 0 Å². The Morgan fingerprint density at radius 2 is 1.95 bits per heavy atom. The number of carbonyl (C=O) groups excluding carboxylic acids is 1. The first kappa shape index (κ1) is 27.1. The van der Waals surface area contributed by atoms with Crippen molar-refractivity contribution in [3.8, 4) is 22.9 Å². The van der Waals surface area contributed by atoms with Gasteiger partial charge in [0.15, 0.2) is 5.78 Å². The Morgan fingerprint density at radius 3 is 2.58 bits per heavy atom. The number of carbonyl (C=O) groups is 2. The lowest BCUT2D eigenvalue weighted by Gasteiger charge is -2.28. The molecule has 1 aliphatic rings. The fourth-order valence-electron chi connectivity index (χ4n) is 4.71. The van der Waals surface area contributed by atoms with Gasteiger partial charge in [-0.1, -0.05) is 23.7 Å². The van der Waals surface area contributed by atoms with Crippen molar-refractivity contribution in [2.45, 2.75) is 44.2 Å². The zero-order valence-corrected chi connectivity index (χ0v) is 21.6. The van der Waals surface area contributed by atoms with Crippen molar-refractivity contribution in [1.82, 2.24) is 4.57 Å². The first-order chi connectivity index (χ1) is 18.3. The average Bonchev–Trinajstić information content (AvgIpc) is 2.92. The van der Waals surface area contributed by atoms with E-state index in [2.05, 4.69) is 6.07 Å². The Hall–Kier alpha value is -3.93. The number of methoxy groups -OCH3 is 1. The summed E-state index contributed by atoms with van der Waals surface area (Å²) in [5.41, 5.74) is 1.53. The normalized spacial score (nSPS) is 15.9. The molecule has 0 spiro atoms. The fraction of sp³-hybridized carbons (Fsp3) is 0.310. The van der Waals surface area contributed by atoms with Crippen LogP contribution in [0.5, 0.6) is 5.75 Å². The third-order valence-corrected chi connectivity index (χ3v) is 6.94. The summed E-state index contributed by atoms with van der Waals surface area (Å²) in [5.74, 6) is -0.940. The second kappa shape index (κ2) is 12.1. The number of hydrogen-bond acceptors (Lipinski definition) is 6. The summed E-state index contributed by atoms with van der Waals surface area (Å²) in [4.78, 5) is 38.3. The van der Waals surface area contributed by atoms with E-state index in [1.54, 1.807) is 30.3 Å². The molecule has 0 amide bonds. The molecule has 1 aromatic heterocycles. The summed E-state index contributed by atoms with van der Waals surface area (Å²) in [6.45, 7) is 0.602. The van der Waals surface area contributed by atoms with E-state index in [4.69, 9.17) is 26.2 Å². The van der Waals surface area contributed by atoms with E-state index in [9.17, 15) is 19.6 Å². The number of aromatic carboxylic acids is 1. The van der Waals surface area contributed by atoms with E-state index >= 15 is 0 Å². The van der Waals surface area contributed by atoms with Gasteiger partial charge in [0, 0.05) is 41.7 Å². The number of nitriles is 1. The van der Waals surface area contributed by atoms with Gasteiger partial charge in [-0.2, -0.15) is 5.26 Å². The van der Waals surface area contributed by atoms with Gasteiger partial charge in [-0.3, -0.25) is 9.59 Å². The van der Waals surface area contributed by atoms with Crippen molar-refractivity contribution in [3.05, 3.63) is 86.8 Å². The monoisotopic (exact) mass is 534 g/mol. The number of carboxylic acids is 1. The zero-order valence-electron chi connectivity index (χ0n) is 20.9. The molecule has 1 N–H and O–H groups in total. The van der Waals surface area contributed by atoms with E-state index in [0.29, 0.717) is 46.1 Å². The maximum atomic E-state index is 13.6. The molecule has 2 atom stereocenters. The number of nitrogens with zero attached hydrogens (tertiary/aromatic N) is 2. The smallest absolute Gasteiger partial charge is 0.335 e. The molecule has 4 rings (SSSR count). The number of rotatable bonds is 9. The third kappa shape index (κ3) is 6.13. The Labute approximate surface area is 225 Å². The predicted molar refractivity (Wildman–Crippen MR) is 142 cm³/mol. The van der Waals surface area contributed by atoms with Gasteiger partial charge < -0.3 is 19.1 Å². The number of aromatic nitrogens is 1. The molecule has 3 aromatic rings. The minimum atomic E-state index is -1.05. The maximum Gasteiger partial charge on any atom is 0.335 e. The van der Waals surface area contributed by atoms with Crippen LogP contribution in [0.25, 0.3) is 11.1 Å². The molecular formula is C29H27ClN2O6. The molecule has 38 heavy (non-hydrogen) atoms. The number of hydrogen-bond donors (Lipinski definition) is 1. The topological polar surface area (TPSA) is 119 Å². The maximum absolute atomic E-state index is 13.6. The van der Waals surface area contributed by atoms with Crippen molar-refractivity contribution in [2.75, 3.05) is 13.7 Å². The molecule has 0 bridgehead atoms. The number of Topliss-reactive ketones (excluding diaryl/α,β-unsaturated/α-hetero) is 1. The minimum absolute atomic E-state index is 0.0145. The highest BCUT2D eigenvalue weighted by Gasteiger charge is 2.28. The summed E-state index contributed by atoms with van der Waals surface area (Å²) >= 11 is 6.17. The molecule has 1 saturated heterocycles. The van der Waals surface area contributed by atoms with E-state index in [1.807, 2.05) is 0 Å². The predicted octanol–water partition coefficient (Wildman–Crippen LogP) is 5.06. The number of pyridine rings is 1. The number of benzene rings is 2. The highest BCUT2D eigenvalue weighted by atomic mass is 35.5. The van der Waals surface area contributed by atoms with Gasteiger partial charge in [-0.25, -0.2) is 4.79 Å². The van der Waals surface area contributed by atoms with Gasteiger partial charge in [0.1, 0.15) is 5.75 Å². The van der Waals surface area contributed by atoms with Crippen LogP contribution < -0.4 is 10.3 Å². The first-order valence-corrected chi connectivity index (χ1v) is 12.6. The Balaban J connectivity index is 1.73. The lowest BCUT2D eigenvalue weighted by atomic mass is 9.94. The first-order valence-electron chi connectivity index (χ1n) is 12.3. The largest absolute Gasteiger partial charge is 0.495 e. The Morgan fingerprint density at radius 1 is 1.18 bits per heavy atom. The number of carboxylic acid groups (broad SMARTS) is 1. The van der Waals surface area contributed by atoms with Crippen molar-refractivity contribution in [1.29, 1.82) is 5.26 Å². The van der Waals surface area contributed by atoms with Crippen LogP contribution in [0.3, 0.4) is 0 Å². The standard InChI is InChI=1S/C29H27ClN2O6/c1-37-27-17-32(28(34)15-24(27)23-13-21(30)10-9-20(23)16-31)25(14-22-4-2-3-11-38-22)26(33)12-18-5-7-19(8-6-18)29(35)36/h5-10,13,15,17,22,25H,2-4,11-12,14H2,1H3,(H,35,36)/t22-,25?/m0/s1. The van der Waals surface area contributed by atoms with Gasteiger partial charge in [0.05, 0.1) is 42.6 Å². The van der Waals surface area contributed by atoms with E-state index in [1.165, 1.54) is 36.1 Å². The summed E-state index contributed by atoms with van der Waals surface area (Å²) in [6, 6.07) is 13.5. The number of ketones is 1. The molecule has 1 fully saturated rings. The third-order valence-electron chi connectivity index (χ3n) is 6.70. The van der Waals surface area contributed by atoms with Crippen molar-refractivity contribution < 1.29 is 24.2 Å². The highest BCUT2D eigenvalue weighted by Crippen LogP contribution is 2.34. The molecule has 1 unspecified atom stereocenters. The lowest BCUT2D eigenvalue weighted by Crippen LogP contribution is -2.34. The SMILES string of the molecule is COc1cn(C(C[C@@H]2CCCCO2)C(=O)Cc2ccc(C(=O)O)cc2)c(=O)cc1-c1cc(Cl)ccc1C#N. The zero-order chi connectivity index (χ0) is 27.2. The molecule has 1 aliphatic heterocycles. The molecule has 196 valence electrons. The molecule has 8 nitrogen and oxygen atoms in total. The molecular weight excluding hydrogens is 508 g/mol. The fourth-order valence-corrected chi connectivity index (χ4v) is 4.88. The summed E-state index contributed by atoms with van der Waals surface area (Å²) in [7, 11) is 1.45. The summed E-state index contributed by atoms with van der Waals surface area (Å²) in [6.07, 6.45) is 4.37. The van der Waals surface area contributed by atoms with Crippen LogP contribution >= 0.6 is 11.6 Å². The van der Waals surface area contributed by atoms with Crippen molar-refractivity contribution in [2.24, 2.45) is 0 Å². The van der Waals surface area contributed by atoms with Crippen LogP contribution in [0.4, 0.5) is 0 Å². The second-order valence-corrected chi connectivity index (χ2v) is 9.62. The van der Waals surface area contributed by atoms with E-state index in [0.717, 1.165) is 19.3 Å². The molecule has 2 heterocycles. The van der Waals surface area contributed by atoms with E-state index < -0.39 is 17.6 Å². The van der Waals surface area contributed by atoms with E-state index in [-0.39, 0.29) is 23.9 Å². The number of ether oxygens (including phenoxy) is 2. The van der Waals surface area contributed by atoms with Gasteiger partial charge >= 0.3 is 5.97 Å². The molecule has 9 heteroatoms. The van der Waals surface area contributed by atoms with Crippen LogP contribution in [-0.4, -0.2) is 41.2 Å². The van der Waals surface area contributed by atoms with Crippen molar-refractivity contribution in [3.63, 3.8) is 0 Å². The summed E-state index contributed by atoms with van der Waals surface area (Å²) in [5, 5.41) is 19.1. The highest BCUT2D eigenvalue weighted by molar-refractivity contribution is 6.31. The van der Waals surface area contributed by atoms with Crippen LogP contribution in [0, 0.1) is 11.3 Å². The van der Waals surface area contributed by atoms with Crippen molar-refractivity contribution >= 4 is 23.4 Å². The van der Waals surface area contributed by atoms with Gasteiger partial charge in [-0.05, 0) is 55.2 Å². The molecule has 0 radical (unpaired) electrons. The quantitative estimate of drug-likeness (QED) is 0.407. The summed E-state index contributed by atoms with van der Waals surface area (Å²) < 4.78 is 12.9. The van der Waals surface area contributed by atoms with Gasteiger partial charge in [0.25, 0.3) is 5.56 Å². The Kier molecular flexibility index (Phi) is 8.62. The van der Waals surface area contributed by atoms with Crippen LogP contribution in [0.2, 0.25) is 5.02 Å². The second-order valence-electron chi connectivity index (χ2n) is 9.19. The molecule has 0 saturated carbocycles. The molecule has 0 aliphatic carbocycles. The van der Waals surface area contributed by atoms with Crippen LogP contribution in [-0.2, 0) is 16.0 Å². The lowest BCUT2D eigenvalue weighted by molar-refractivity contribution is -0.123. The van der Waals surface area contributed by atoms with Crippen LogP contribution in [0.15, 0.2) is 59.5 Å². The van der Waals surface area contributed by atoms with Gasteiger partial charge in [-0.15, -0.1) is 0 Å². The Bertz CT molecular complexity index is 1430. The number of halogens is 1.